The molecule has 1 aromatic carbocycles. The summed E-state index contributed by atoms with van der Waals surface area (Å²) in [5.41, 5.74) is 5.99. The lowest BCUT2D eigenvalue weighted by Crippen LogP contribution is -2.20. The fourth-order valence-electron chi connectivity index (χ4n) is 1.39. The molecule has 114 valence electrons. The Morgan fingerprint density at radius 2 is 2.19 bits per heavy atom. The van der Waals surface area contributed by atoms with Crippen LogP contribution in [0.2, 0.25) is 5.02 Å². The molecule has 0 aliphatic rings. The molecule has 0 aliphatic carbocycles. The van der Waals surface area contributed by atoms with Gasteiger partial charge in [-0.15, -0.1) is 0 Å². The number of anilines is 1. The highest BCUT2D eigenvalue weighted by Crippen LogP contribution is 2.21. The molecule has 0 spiro atoms. The molecule has 1 aromatic rings. The molecule has 1 rings (SSSR count). The molecule has 0 atom stereocenters. The van der Waals surface area contributed by atoms with Crippen molar-refractivity contribution in [1.29, 1.82) is 0 Å². The summed E-state index contributed by atoms with van der Waals surface area (Å²) >= 11 is 5.85. The topological polar surface area (TPSA) is 98.5 Å². The van der Waals surface area contributed by atoms with Crippen LogP contribution in [0, 0.1) is 11.8 Å². The van der Waals surface area contributed by atoms with E-state index in [1.165, 1.54) is 25.3 Å². The number of hydrogen-bond donors (Lipinski definition) is 2. The monoisotopic (exact) mass is 330 g/mol. The number of ether oxygens (including phenoxy) is 1. The Balaban J connectivity index is 2.93. The normalized spacial score (nSPS) is 10.4. The van der Waals surface area contributed by atoms with Crippen LogP contribution in [-0.2, 0) is 19.6 Å². The van der Waals surface area contributed by atoms with Crippen molar-refractivity contribution in [1.82, 2.24) is 0 Å². The maximum atomic E-state index is 11.9. The number of nitrogens with one attached hydrogen (secondary N) is 1. The second kappa shape index (κ2) is 7.88. The summed E-state index contributed by atoms with van der Waals surface area (Å²) in [6.45, 7) is 0.140. The van der Waals surface area contributed by atoms with Crippen LogP contribution in [0.4, 0.5) is 5.69 Å². The largest absolute Gasteiger partial charge is 0.469 e. The number of nitrogens with two attached hydrogens (primary N) is 1. The molecule has 0 saturated carbocycles. The Bertz CT molecular complexity index is 677. The van der Waals surface area contributed by atoms with Crippen LogP contribution in [0.3, 0.4) is 0 Å². The Morgan fingerprint density at radius 1 is 1.48 bits per heavy atom. The van der Waals surface area contributed by atoms with E-state index in [-0.39, 0.29) is 24.4 Å². The fourth-order valence-corrected chi connectivity index (χ4v) is 2.62. The number of carbonyl (C=O) groups is 1. The molecule has 21 heavy (non-hydrogen) atoms. The first kappa shape index (κ1) is 17.3. The standard InChI is InChI=1S/C13H15ClN2O4S/c1-20-13(17)6-8-21(18,19)16-12-5-4-11(14)9-10(12)3-2-7-15/h4-5,9,16H,6-8,15H2,1H3. The summed E-state index contributed by atoms with van der Waals surface area (Å²) in [5, 5.41) is 0.425. The summed E-state index contributed by atoms with van der Waals surface area (Å²) in [7, 11) is -2.50. The smallest absolute Gasteiger partial charge is 0.306 e. The number of benzene rings is 1. The van der Waals surface area contributed by atoms with E-state index >= 15 is 0 Å². The average Bonchev–Trinajstić information content (AvgIpc) is 2.44. The molecule has 0 unspecified atom stereocenters. The summed E-state index contributed by atoms with van der Waals surface area (Å²) in [4.78, 5) is 11.0. The lowest BCUT2D eigenvalue weighted by Gasteiger charge is -2.09. The van der Waals surface area contributed by atoms with Crippen molar-refractivity contribution in [2.24, 2.45) is 5.73 Å². The third kappa shape index (κ3) is 6.04. The number of halogens is 1. The van der Waals surface area contributed by atoms with E-state index in [2.05, 4.69) is 21.3 Å². The molecule has 0 aliphatic heterocycles. The molecular formula is C13H15ClN2O4S. The molecule has 0 amide bonds. The quantitative estimate of drug-likeness (QED) is 0.619. The van der Waals surface area contributed by atoms with Crippen molar-refractivity contribution >= 4 is 33.3 Å². The van der Waals surface area contributed by atoms with Gasteiger partial charge >= 0.3 is 5.97 Å². The van der Waals surface area contributed by atoms with E-state index in [0.717, 1.165) is 0 Å². The van der Waals surface area contributed by atoms with Crippen molar-refractivity contribution in [2.75, 3.05) is 24.1 Å². The van der Waals surface area contributed by atoms with Crippen LogP contribution in [0.25, 0.3) is 0 Å². The van der Waals surface area contributed by atoms with Crippen LogP contribution >= 0.6 is 11.6 Å². The van der Waals surface area contributed by atoms with Gasteiger partial charge in [-0.25, -0.2) is 8.42 Å². The van der Waals surface area contributed by atoms with Crippen molar-refractivity contribution in [2.45, 2.75) is 6.42 Å². The van der Waals surface area contributed by atoms with Crippen molar-refractivity contribution in [3.63, 3.8) is 0 Å². The minimum atomic E-state index is -3.69. The van der Waals surface area contributed by atoms with Crippen LogP contribution < -0.4 is 10.5 Å². The Labute approximate surface area is 128 Å². The van der Waals surface area contributed by atoms with Gasteiger partial charge in [0.1, 0.15) is 0 Å². The second-order valence-corrected chi connectivity index (χ2v) is 6.22. The number of sulfonamides is 1. The maximum absolute atomic E-state index is 11.9. The van der Waals surface area contributed by atoms with E-state index in [1.807, 2.05) is 0 Å². The van der Waals surface area contributed by atoms with Gasteiger partial charge in [0.15, 0.2) is 0 Å². The number of hydrogen-bond acceptors (Lipinski definition) is 5. The van der Waals surface area contributed by atoms with Gasteiger partial charge in [0.25, 0.3) is 0 Å². The maximum Gasteiger partial charge on any atom is 0.306 e. The minimum Gasteiger partial charge on any atom is -0.469 e. The van der Waals surface area contributed by atoms with Gasteiger partial charge in [-0.05, 0) is 18.2 Å². The highest BCUT2D eigenvalue weighted by molar-refractivity contribution is 7.92. The predicted molar refractivity (Wildman–Crippen MR) is 81.4 cm³/mol. The number of rotatable bonds is 5. The average molecular weight is 331 g/mol. The number of carbonyl (C=O) groups excluding carboxylic acids is 1. The lowest BCUT2D eigenvalue weighted by atomic mass is 10.2. The summed E-state index contributed by atoms with van der Waals surface area (Å²) in [6, 6.07) is 4.56. The molecule has 0 saturated heterocycles. The van der Waals surface area contributed by atoms with Crippen LogP contribution in [-0.4, -0.2) is 33.8 Å². The van der Waals surface area contributed by atoms with E-state index in [4.69, 9.17) is 17.3 Å². The molecule has 0 aromatic heterocycles. The van der Waals surface area contributed by atoms with E-state index in [9.17, 15) is 13.2 Å². The Kier molecular flexibility index (Phi) is 6.49. The fraction of sp³-hybridized carbons (Fsp3) is 0.308. The van der Waals surface area contributed by atoms with Crippen molar-refractivity contribution in [3.05, 3.63) is 28.8 Å². The van der Waals surface area contributed by atoms with Gasteiger partial charge in [0.05, 0.1) is 37.1 Å². The van der Waals surface area contributed by atoms with Crippen LogP contribution in [0.5, 0.6) is 0 Å². The molecular weight excluding hydrogens is 316 g/mol. The number of methoxy groups -OCH3 is 1. The van der Waals surface area contributed by atoms with Gasteiger partial charge in [-0.3, -0.25) is 9.52 Å². The summed E-state index contributed by atoms with van der Waals surface area (Å²) in [5.74, 6) is 4.38. The zero-order chi connectivity index (χ0) is 15.9. The highest BCUT2D eigenvalue weighted by Gasteiger charge is 2.15. The predicted octanol–water partition coefficient (Wildman–Crippen LogP) is 0.955. The first-order chi connectivity index (χ1) is 9.88. The second-order valence-electron chi connectivity index (χ2n) is 3.94. The molecule has 0 bridgehead atoms. The molecule has 0 radical (unpaired) electrons. The van der Waals surface area contributed by atoms with Gasteiger partial charge in [0, 0.05) is 5.02 Å². The van der Waals surface area contributed by atoms with Gasteiger partial charge in [-0.2, -0.15) is 0 Å². The lowest BCUT2D eigenvalue weighted by molar-refractivity contribution is -0.140. The Hall–Kier alpha value is -1.75. The van der Waals surface area contributed by atoms with E-state index in [1.54, 1.807) is 0 Å². The zero-order valence-electron chi connectivity index (χ0n) is 11.3. The van der Waals surface area contributed by atoms with Crippen molar-refractivity contribution in [3.8, 4) is 11.8 Å². The van der Waals surface area contributed by atoms with Gasteiger partial charge in [-0.1, -0.05) is 23.4 Å². The molecule has 0 heterocycles. The van der Waals surface area contributed by atoms with Crippen LogP contribution in [0.1, 0.15) is 12.0 Å². The first-order valence-electron chi connectivity index (χ1n) is 5.94. The van der Waals surface area contributed by atoms with Gasteiger partial charge in [0.2, 0.25) is 10.0 Å². The number of esters is 1. The molecule has 0 fully saturated rings. The summed E-state index contributed by atoms with van der Waals surface area (Å²) < 4.78 is 30.6. The highest BCUT2D eigenvalue weighted by atomic mass is 35.5. The molecule has 3 N–H and O–H groups in total. The molecule has 6 nitrogen and oxygen atoms in total. The Morgan fingerprint density at radius 3 is 2.81 bits per heavy atom. The van der Waals surface area contributed by atoms with Crippen LogP contribution in [0.15, 0.2) is 18.2 Å². The van der Waals surface area contributed by atoms with E-state index in [0.29, 0.717) is 10.6 Å². The third-order valence-electron chi connectivity index (χ3n) is 2.37. The third-order valence-corrected chi connectivity index (χ3v) is 3.88. The minimum absolute atomic E-state index is 0.140. The first-order valence-corrected chi connectivity index (χ1v) is 7.97. The zero-order valence-corrected chi connectivity index (χ0v) is 12.9. The SMILES string of the molecule is COC(=O)CCS(=O)(=O)Nc1ccc(Cl)cc1C#CCN. The van der Waals surface area contributed by atoms with Crippen molar-refractivity contribution < 1.29 is 17.9 Å². The molecule has 8 heteroatoms. The van der Waals surface area contributed by atoms with E-state index < -0.39 is 16.0 Å². The summed E-state index contributed by atoms with van der Waals surface area (Å²) in [6.07, 6.45) is -0.233. The van der Waals surface area contributed by atoms with Gasteiger partial charge < -0.3 is 10.5 Å².